The van der Waals surface area contributed by atoms with Crippen molar-refractivity contribution in [1.82, 2.24) is 4.90 Å². The maximum absolute atomic E-state index is 14.0. The number of hydrogen-bond acceptors (Lipinski definition) is 4. The van der Waals surface area contributed by atoms with Gasteiger partial charge in [-0.25, -0.2) is 9.18 Å². The summed E-state index contributed by atoms with van der Waals surface area (Å²) in [6.07, 6.45) is 2.95. The molecule has 6 heteroatoms. The zero-order valence-electron chi connectivity index (χ0n) is 16.7. The van der Waals surface area contributed by atoms with Crippen molar-refractivity contribution in [3.05, 3.63) is 35.6 Å². The molecule has 2 atom stereocenters. The van der Waals surface area contributed by atoms with E-state index in [1.165, 1.54) is 6.07 Å². The van der Waals surface area contributed by atoms with E-state index in [1.54, 1.807) is 25.3 Å². The van der Waals surface area contributed by atoms with Crippen LogP contribution < -0.4 is 0 Å². The van der Waals surface area contributed by atoms with Crippen LogP contribution in [-0.4, -0.2) is 48.0 Å². The van der Waals surface area contributed by atoms with Gasteiger partial charge in [0.15, 0.2) is 0 Å². The van der Waals surface area contributed by atoms with E-state index in [9.17, 15) is 9.18 Å². The molecule has 2 bridgehead atoms. The Morgan fingerprint density at radius 1 is 1.22 bits per heavy atom. The molecule has 3 rings (SSSR count). The summed E-state index contributed by atoms with van der Waals surface area (Å²) in [5.41, 5.74) is -0.491. The number of rotatable bonds is 5. The summed E-state index contributed by atoms with van der Waals surface area (Å²) in [5, 5.41) is 0. The fourth-order valence-corrected chi connectivity index (χ4v) is 4.30. The minimum Gasteiger partial charge on any atom is -0.444 e. The van der Waals surface area contributed by atoms with Gasteiger partial charge < -0.3 is 19.1 Å². The molecule has 5 nitrogen and oxygen atoms in total. The van der Waals surface area contributed by atoms with E-state index < -0.39 is 11.2 Å². The number of piperidine rings is 1. The fraction of sp³-hybridized carbons (Fsp3) is 0.667. The Morgan fingerprint density at radius 3 is 2.41 bits per heavy atom. The summed E-state index contributed by atoms with van der Waals surface area (Å²) in [5.74, 6) is -0.265. The highest BCUT2D eigenvalue weighted by Crippen LogP contribution is 2.44. The highest BCUT2D eigenvalue weighted by molar-refractivity contribution is 5.69. The van der Waals surface area contributed by atoms with Crippen LogP contribution in [0.3, 0.4) is 0 Å². The van der Waals surface area contributed by atoms with E-state index in [0.29, 0.717) is 25.0 Å². The number of halogens is 1. The number of fused-ring (bicyclic) bond motifs is 2. The summed E-state index contributed by atoms with van der Waals surface area (Å²) in [4.78, 5) is 14.5. The molecule has 1 aromatic carbocycles. The van der Waals surface area contributed by atoms with E-state index >= 15 is 0 Å². The van der Waals surface area contributed by atoms with Gasteiger partial charge >= 0.3 is 6.09 Å². The molecule has 0 saturated carbocycles. The molecule has 2 unspecified atom stereocenters. The average molecular weight is 379 g/mol. The first-order valence-electron chi connectivity index (χ1n) is 9.61. The number of hydrogen-bond donors (Lipinski definition) is 0. The first kappa shape index (κ1) is 20.1. The van der Waals surface area contributed by atoms with Gasteiger partial charge in [-0.05, 0) is 52.5 Å². The van der Waals surface area contributed by atoms with Crippen molar-refractivity contribution in [3.63, 3.8) is 0 Å². The molecular formula is C21H30FNO4. The van der Waals surface area contributed by atoms with Gasteiger partial charge in [-0.1, -0.05) is 18.2 Å². The lowest BCUT2D eigenvalue weighted by Gasteiger charge is -2.46. The van der Waals surface area contributed by atoms with Crippen LogP contribution in [0.4, 0.5) is 9.18 Å². The van der Waals surface area contributed by atoms with Gasteiger partial charge in [0.2, 0.25) is 0 Å². The Labute approximate surface area is 160 Å². The Kier molecular flexibility index (Phi) is 5.77. The van der Waals surface area contributed by atoms with Gasteiger partial charge in [-0.2, -0.15) is 0 Å². The van der Waals surface area contributed by atoms with Crippen LogP contribution in [0, 0.1) is 5.82 Å². The largest absolute Gasteiger partial charge is 0.444 e. The third-order valence-electron chi connectivity index (χ3n) is 5.34. The molecule has 2 fully saturated rings. The zero-order chi connectivity index (χ0) is 19.7. The molecule has 2 heterocycles. The smallest absolute Gasteiger partial charge is 0.410 e. The van der Waals surface area contributed by atoms with Gasteiger partial charge in [0.05, 0.1) is 18.8 Å². The Hall–Kier alpha value is -1.66. The first-order valence-corrected chi connectivity index (χ1v) is 9.61. The summed E-state index contributed by atoms with van der Waals surface area (Å²) in [6, 6.07) is 6.78. The van der Waals surface area contributed by atoms with E-state index in [2.05, 4.69) is 0 Å². The molecule has 0 aliphatic carbocycles. The minimum absolute atomic E-state index is 0.0642. The summed E-state index contributed by atoms with van der Waals surface area (Å²) in [6.45, 7) is 6.26. The van der Waals surface area contributed by atoms with Crippen molar-refractivity contribution >= 4 is 6.09 Å². The van der Waals surface area contributed by atoms with Crippen molar-refractivity contribution in [3.8, 4) is 0 Å². The highest BCUT2D eigenvalue weighted by Gasteiger charge is 2.51. The molecule has 1 amide bonds. The Bertz CT molecular complexity index is 658. The molecule has 0 aromatic heterocycles. The predicted molar refractivity (Wildman–Crippen MR) is 99.9 cm³/mol. The third kappa shape index (κ3) is 4.61. The predicted octanol–water partition coefficient (Wildman–Crippen LogP) is 4.29. The van der Waals surface area contributed by atoms with Gasteiger partial charge in [0.25, 0.3) is 0 Å². The van der Waals surface area contributed by atoms with Crippen molar-refractivity contribution in [2.24, 2.45) is 0 Å². The standard InChI is InChI=1S/C21H30FNO4/c1-20(2,3)27-19(24)23-16-9-10-17(23)12-21(11-16,14-25-4)26-13-15-7-5-6-8-18(15)22/h5-8,16-17H,9-14H2,1-4H3. The Morgan fingerprint density at radius 2 is 1.85 bits per heavy atom. The topological polar surface area (TPSA) is 48.0 Å². The average Bonchev–Trinajstić information content (AvgIpc) is 2.85. The third-order valence-corrected chi connectivity index (χ3v) is 5.34. The highest BCUT2D eigenvalue weighted by atomic mass is 19.1. The summed E-state index contributed by atoms with van der Waals surface area (Å²) in [7, 11) is 1.65. The number of carbonyl (C=O) groups is 1. The number of methoxy groups -OCH3 is 1. The molecule has 0 radical (unpaired) electrons. The van der Waals surface area contributed by atoms with Crippen LogP contribution in [0.2, 0.25) is 0 Å². The normalized spacial score (nSPS) is 27.7. The Balaban J connectivity index is 1.72. The fourth-order valence-electron chi connectivity index (χ4n) is 4.30. The minimum atomic E-state index is -0.515. The molecule has 150 valence electrons. The van der Waals surface area contributed by atoms with E-state index in [1.807, 2.05) is 25.7 Å². The number of nitrogens with zero attached hydrogens (tertiary/aromatic N) is 1. The molecule has 1 aromatic rings. The molecule has 2 saturated heterocycles. The van der Waals surface area contributed by atoms with Crippen LogP contribution >= 0.6 is 0 Å². The number of amides is 1. The number of carbonyl (C=O) groups excluding carboxylic acids is 1. The molecule has 2 aliphatic rings. The van der Waals surface area contributed by atoms with Crippen LogP contribution in [-0.2, 0) is 20.8 Å². The lowest BCUT2D eigenvalue weighted by atomic mass is 9.86. The van der Waals surface area contributed by atoms with Crippen molar-refractivity contribution < 1.29 is 23.4 Å². The second kappa shape index (κ2) is 7.76. The van der Waals surface area contributed by atoms with Gasteiger partial charge in [-0.3, -0.25) is 0 Å². The molecule has 0 spiro atoms. The second-order valence-corrected chi connectivity index (χ2v) is 8.68. The van der Waals surface area contributed by atoms with Gasteiger partial charge in [0.1, 0.15) is 11.4 Å². The maximum atomic E-state index is 14.0. The van der Waals surface area contributed by atoms with Crippen molar-refractivity contribution in [1.29, 1.82) is 0 Å². The van der Waals surface area contributed by atoms with Crippen molar-refractivity contribution in [2.75, 3.05) is 13.7 Å². The van der Waals surface area contributed by atoms with Crippen molar-refractivity contribution in [2.45, 2.75) is 76.3 Å². The van der Waals surface area contributed by atoms with Crippen LogP contribution in [0.15, 0.2) is 24.3 Å². The first-order chi connectivity index (χ1) is 12.7. The molecule has 2 aliphatic heterocycles. The summed E-state index contributed by atoms with van der Waals surface area (Å²) >= 11 is 0. The maximum Gasteiger partial charge on any atom is 0.410 e. The lowest BCUT2D eigenvalue weighted by Crippen LogP contribution is -2.56. The SMILES string of the molecule is COCC1(OCc2ccccc2F)CC2CCC(C1)N2C(=O)OC(C)(C)C. The van der Waals surface area contributed by atoms with E-state index in [-0.39, 0.29) is 30.6 Å². The van der Waals surface area contributed by atoms with Crippen LogP contribution in [0.1, 0.15) is 52.0 Å². The van der Waals surface area contributed by atoms with Crippen LogP contribution in [0.25, 0.3) is 0 Å². The lowest BCUT2D eigenvalue weighted by molar-refractivity contribution is -0.141. The zero-order valence-corrected chi connectivity index (χ0v) is 16.7. The quantitative estimate of drug-likeness (QED) is 0.766. The second-order valence-electron chi connectivity index (χ2n) is 8.68. The molecule has 27 heavy (non-hydrogen) atoms. The monoisotopic (exact) mass is 379 g/mol. The molecular weight excluding hydrogens is 349 g/mol. The molecule has 0 N–H and O–H groups in total. The van der Waals surface area contributed by atoms with Crippen LogP contribution in [0.5, 0.6) is 0 Å². The van der Waals surface area contributed by atoms with Gasteiger partial charge in [0, 0.05) is 24.8 Å². The number of benzene rings is 1. The summed E-state index contributed by atoms with van der Waals surface area (Å²) < 4.78 is 31.3. The van der Waals surface area contributed by atoms with E-state index in [4.69, 9.17) is 14.2 Å². The number of ether oxygens (including phenoxy) is 3. The van der Waals surface area contributed by atoms with E-state index in [0.717, 1.165) is 12.8 Å². The van der Waals surface area contributed by atoms with Gasteiger partial charge in [-0.15, -0.1) is 0 Å².